The molecule has 0 saturated carbocycles. The number of hydrogen-bond donors (Lipinski definition) is 2. The minimum atomic E-state index is -4.19. The quantitative estimate of drug-likeness (QED) is 0.804. The van der Waals surface area contributed by atoms with E-state index >= 15 is 0 Å². The van der Waals surface area contributed by atoms with Gasteiger partial charge in [0.1, 0.15) is 5.82 Å². The molecule has 1 saturated heterocycles. The highest BCUT2D eigenvalue weighted by molar-refractivity contribution is 5.74. The number of nitrogens with zero attached hydrogens (tertiary/aromatic N) is 1. The SMILES string of the molecule is C[C@@H](NC(=O)NC[C@@H]1CCN(CC(F)(F)F)C1)c1cccc(F)c1. The van der Waals surface area contributed by atoms with Gasteiger partial charge in [-0.1, -0.05) is 12.1 Å². The van der Waals surface area contributed by atoms with Crippen LogP contribution < -0.4 is 10.6 Å². The van der Waals surface area contributed by atoms with E-state index < -0.39 is 18.8 Å². The van der Waals surface area contributed by atoms with Gasteiger partial charge in [0.05, 0.1) is 12.6 Å². The van der Waals surface area contributed by atoms with E-state index in [0.29, 0.717) is 31.6 Å². The van der Waals surface area contributed by atoms with E-state index in [1.54, 1.807) is 19.1 Å². The van der Waals surface area contributed by atoms with Crippen LogP contribution in [0.15, 0.2) is 24.3 Å². The molecule has 1 fully saturated rings. The lowest BCUT2D eigenvalue weighted by atomic mass is 10.1. The fourth-order valence-corrected chi connectivity index (χ4v) is 2.82. The monoisotopic (exact) mass is 347 g/mol. The van der Waals surface area contributed by atoms with Crippen LogP contribution in [0.5, 0.6) is 0 Å². The molecule has 1 aliphatic heterocycles. The molecule has 2 rings (SSSR count). The molecule has 1 heterocycles. The molecule has 0 aliphatic carbocycles. The Kier molecular flexibility index (Phi) is 6.04. The van der Waals surface area contributed by atoms with Crippen molar-refractivity contribution in [3.05, 3.63) is 35.6 Å². The van der Waals surface area contributed by atoms with Crippen LogP contribution in [0.2, 0.25) is 0 Å². The molecular formula is C16H21F4N3O. The topological polar surface area (TPSA) is 44.4 Å². The van der Waals surface area contributed by atoms with Crippen molar-refractivity contribution in [2.75, 3.05) is 26.2 Å². The molecule has 0 unspecified atom stereocenters. The molecule has 24 heavy (non-hydrogen) atoms. The first-order chi connectivity index (χ1) is 11.2. The maximum Gasteiger partial charge on any atom is 0.401 e. The van der Waals surface area contributed by atoms with Gasteiger partial charge in [-0.25, -0.2) is 9.18 Å². The number of amides is 2. The Balaban J connectivity index is 1.72. The summed E-state index contributed by atoms with van der Waals surface area (Å²) in [7, 11) is 0. The summed E-state index contributed by atoms with van der Waals surface area (Å²) >= 11 is 0. The fourth-order valence-electron chi connectivity index (χ4n) is 2.82. The lowest BCUT2D eigenvalue weighted by molar-refractivity contribution is -0.143. The van der Waals surface area contributed by atoms with E-state index in [1.165, 1.54) is 17.0 Å². The summed E-state index contributed by atoms with van der Waals surface area (Å²) in [4.78, 5) is 13.2. The fraction of sp³-hybridized carbons (Fsp3) is 0.562. The van der Waals surface area contributed by atoms with Gasteiger partial charge in [0.25, 0.3) is 0 Å². The zero-order valence-electron chi connectivity index (χ0n) is 13.4. The highest BCUT2D eigenvalue weighted by Gasteiger charge is 2.34. The number of likely N-dealkylation sites (tertiary alicyclic amines) is 1. The molecule has 0 radical (unpaired) electrons. The molecule has 1 aromatic rings. The van der Waals surface area contributed by atoms with Crippen molar-refractivity contribution >= 4 is 6.03 Å². The molecule has 2 atom stereocenters. The van der Waals surface area contributed by atoms with Gasteiger partial charge in [-0.15, -0.1) is 0 Å². The van der Waals surface area contributed by atoms with Gasteiger partial charge in [0.15, 0.2) is 0 Å². The molecule has 0 spiro atoms. The lowest BCUT2D eigenvalue weighted by Gasteiger charge is -2.19. The van der Waals surface area contributed by atoms with Gasteiger partial charge in [-0.2, -0.15) is 13.2 Å². The lowest BCUT2D eigenvalue weighted by Crippen LogP contribution is -2.40. The Bertz CT molecular complexity index is 564. The smallest absolute Gasteiger partial charge is 0.338 e. The second-order valence-electron chi connectivity index (χ2n) is 6.14. The third-order valence-electron chi connectivity index (χ3n) is 4.02. The van der Waals surface area contributed by atoms with Crippen molar-refractivity contribution in [3.63, 3.8) is 0 Å². The Labute approximate surface area is 138 Å². The highest BCUT2D eigenvalue weighted by Crippen LogP contribution is 2.22. The van der Waals surface area contributed by atoms with Gasteiger partial charge >= 0.3 is 12.2 Å². The molecule has 2 amide bonds. The maximum atomic E-state index is 13.2. The molecule has 1 aliphatic rings. The molecule has 134 valence electrons. The Hall–Kier alpha value is -1.83. The minimum Gasteiger partial charge on any atom is -0.338 e. The van der Waals surface area contributed by atoms with Gasteiger partial charge < -0.3 is 10.6 Å². The summed E-state index contributed by atoms with van der Waals surface area (Å²) in [5.41, 5.74) is 0.641. The number of carbonyl (C=O) groups excluding carboxylic acids is 1. The highest BCUT2D eigenvalue weighted by atomic mass is 19.4. The first-order valence-electron chi connectivity index (χ1n) is 7.82. The molecule has 1 aromatic carbocycles. The molecule has 4 nitrogen and oxygen atoms in total. The number of alkyl halides is 3. The molecule has 0 bridgehead atoms. The van der Waals surface area contributed by atoms with Gasteiger partial charge in [-0.05, 0) is 43.5 Å². The summed E-state index contributed by atoms with van der Waals surface area (Å²) in [6, 6.07) is 5.15. The van der Waals surface area contributed by atoms with Crippen molar-refractivity contribution in [2.45, 2.75) is 25.6 Å². The standard InChI is InChI=1S/C16H21F4N3O/c1-11(13-3-2-4-14(17)7-13)22-15(24)21-8-12-5-6-23(9-12)10-16(18,19)20/h2-4,7,11-12H,5-6,8-10H2,1H3,(H2,21,22,24)/t11-,12+/m1/s1. The van der Waals surface area contributed by atoms with Crippen LogP contribution in [0.25, 0.3) is 0 Å². The molecule has 0 aromatic heterocycles. The Morgan fingerprint density at radius 3 is 2.83 bits per heavy atom. The van der Waals surface area contributed by atoms with E-state index in [1.807, 2.05) is 0 Å². The second kappa shape index (κ2) is 7.83. The van der Waals surface area contributed by atoms with E-state index in [9.17, 15) is 22.4 Å². The summed E-state index contributed by atoms with van der Waals surface area (Å²) in [6.45, 7) is 1.84. The van der Waals surface area contributed by atoms with Crippen LogP contribution in [0.1, 0.15) is 24.9 Å². The summed E-state index contributed by atoms with van der Waals surface area (Å²) in [6.07, 6.45) is -3.57. The average molecular weight is 347 g/mol. The zero-order chi connectivity index (χ0) is 17.7. The van der Waals surface area contributed by atoms with Crippen molar-refractivity contribution < 1.29 is 22.4 Å². The normalized spacial score (nSPS) is 20.0. The van der Waals surface area contributed by atoms with Gasteiger partial charge in [-0.3, -0.25) is 4.90 Å². The van der Waals surface area contributed by atoms with Gasteiger partial charge in [0.2, 0.25) is 0 Å². The second-order valence-corrected chi connectivity index (χ2v) is 6.14. The number of rotatable bonds is 5. The predicted octanol–water partition coefficient (Wildman–Crippen LogP) is 3.07. The summed E-state index contributed by atoms with van der Waals surface area (Å²) in [5.74, 6) is -0.375. The number of urea groups is 1. The largest absolute Gasteiger partial charge is 0.401 e. The van der Waals surface area contributed by atoms with Crippen LogP contribution in [-0.4, -0.2) is 43.3 Å². The zero-order valence-corrected chi connectivity index (χ0v) is 13.4. The van der Waals surface area contributed by atoms with Gasteiger partial charge in [0, 0.05) is 13.1 Å². The summed E-state index contributed by atoms with van der Waals surface area (Å²) < 4.78 is 50.2. The number of nitrogens with one attached hydrogen (secondary N) is 2. The third kappa shape index (κ3) is 5.99. The van der Waals surface area contributed by atoms with Crippen molar-refractivity contribution in [1.29, 1.82) is 0 Å². The summed E-state index contributed by atoms with van der Waals surface area (Å²) in [5, 5.41) is 5.36. The number of benzene rings is 1. The van der Waals surface area contributed by atoms with Crippen LogP contribution in [0, 0.1) is 11.7 Å². The molecule has 2 N–H and O–H groups in total. The average Bonchev–Trinajstić information content (AvgIpc) is 2.90. The number of halogens is 4. The van der Waals surface area contributed by atoms with Crippen molar-refractivity contribution in [3.8, 4) is 0 Å². The first-order valence-corrected chi connectivity index (χ1v) is 7.82. The van der Waals surface area contributed by atoms with E-state index in [4.69, 9.17) is 0 Å². The Morgan fingerprint density at radius 2 is 2.17 bits per heavy atom. The van der Waals surface area contributed by atoms with Crippen LogP contribution in [0.3, 0.4) is 0 Å². The third-order valence-corrected chi connectivity index (χ3v) is 4.02. The molecular weight excluding hydrogens is 326 g/mol. The Morgan fingerprint density at radius 1 is 1.42 bits per heavy atom. The number of carbonyl (C=O) groups is 1. The minimum absolute atomic E-state index is 0.00239. The van der Waals surface area contributed by atoms with Crippen molar-refractivity contribution in [2.24, 2.45) is 5.92 Å². The van der Waals surface area contributed by atoms with E-state index in [-0.39, 0.29) is 17.8 Å². The maximum absolute atomic E-state index is 13.2. The predicted molar refractivity (Wildman–Crippen MR) is 82.0 cm³/mol. The van der Waals surface area contributed by atoms with Crippen molar-refractivity contribution in [1.82, 2.24) is 15.5 Å². The van der Waals surface area contributed by atoms with E-state index in [2.05, 4.69) is 10.6 Å². The van der Waals surface area contributed by atoms with Crippen LogP contribution in [0.4, 0.5) is 22.4 Å². The van der Waals surface area contributed by atoms with Crippen LogP contribution >= 0.6 is 0 Å². The molecule has 8 heteroatoms. The first kappa shape index (κ1) is 18.5. The van der Waals surface area contributed by atoms with E-state index in [0.717, 1.165) is 0 Å². The number of hydrogen-bond acceptors (Lipinski definition) is 2. The van der Waals surface area contributed by atoms with Crippen LogP contribution in [-0.2, 0) is 0 Å².